The van der Waals surface area contributed by atoms with E-state index in [1.807, 2.05) is 38.1 Å². The van der Waals surface area contributed by atoms with Gasteiger partial charge >= 0.3 is 0 Å². The first-order valence-electron chi connectivity index (χ1n) is 10.8. The smallest absolute Gasteiger partial charge is 0.227 e. The Bertz CT molecular complexity index is 680. The van der Waals surface area contributed by atoms with Crippen molar-refractivity contribution in [2.45, 2.75) is 65.4 Å². The molecule has 2 fully saturated rings. The van der Waals surface area contributed by atoms with Crippen molar-refractivity contribution in [3.8, 4) is 5.75 Å². The van der Waals surface area contributed by atoms with Gasteiger partial charge in [0.05, 0.1) is 11.8 Å². The second-order valence-electron chi connectivity index (χ2n) is 8.73. The van der Waals surface area contributed by atoms with Crippen LogP contribution >= 0.6 is 0 Å². The molecule has 1 aliphatic heterocycles. The molecule has 1 N–H and O–H groups in total. The Hall–Kier alpha value is -2.04. The lowest BCUT2D eigenvalue weighted by molar-refractivity contribution is -0.139. The van der Waals surface area contributed by atoms with Gasteiger partial charge in [0, 0.05) is 24.9 Å². The zero-order valence-electron chi connectivity index (χ0n) is 17.4. The average Bonchev–Trinajstić information content (AvgIpc) is 2.68. The molecule has 5 nitrogen and oxygen atoms in total. The molecule has 1 atom stereocenters. The second kappa shape index (κ2) is 9.44. The quantitative estimate of drug-likeness (QED) is 0.812. The maximum absolute atomic E-state index is 12.8. The first-order chi connectivity index (χ1) is 13.4. The highest BCUT2D eigenvalue weighted by Gasteiger charge is 2.33. The Morgan fingerprint density at radius 2 is 1.75 bits per heavy atom. The molecule has 1 saturated heterocycles. The van der Waals surface area contributed by atoms with Gasteiger partial charge in [-0.05, 0) is 70.4 Å². The summed E-state index contributed by atoms with van der Waals surface area (Å²) in [6.07, 6.45) is 5.56. The van der Waals surface area contributed by atoms with Crippen LogP contribution in [0.15, 0.2) is 24.3 Å². The van der Waals surface area contributed by atoms with Crippen LogP contribution in [0, 0.1) is 17.8 Å². The number of carbonyl (C=O) groups is 2. The number of nitrogens with one attached hydrogen (secondary N) is 1. The number of anilines is 1. The number of ether oxygens (including phenoxy) is 1. The largest absolute Gasteiger partial charge is 0.489 e. The number of hydrogen-bond donors (Lipinski definition) is 1. The number of para-hydroxylation sites is 2. The van der Waals surface area contributed by atoms with Gasteiger partial charge in [0.25, 0.3) is 0 Å². The predicted molar refractivity (Wildman–Crippen MR) is 111 cm³/mol. The molecule has 154 valence electrons. The van der Waals surface area contributed by atoms with E-state index in [1.54, 1.807) is 0 Å². The highest BCUT2D eigenvalue weighted by atomic mass is 16.5. The first-order valence-corrected chi connectivity index (χ1v) is 10.8. The van der Waals surface area contributed by atoms with Crippen LogP contribution in [0.5, 0.6) is 5.75 Å². The fraction of sp³-hybridized carbons (Fsp3) is 0.652. The SMILES string of the molecule is CC1CCCN(C(=O)C2CCC(C(=O)Nc3ccccc3OC(C)C)CC2)C1. The van der Waals surface area contributed by atoms with Crippen molar-refractivity contribution in [3.63, 3.8) is 0 Å². The van der Waals surface area contributed by atoms with Crippen LogP contribution in [0.1, 0.15) is 59.3 Å². The maximum Gasteiger partial charge on any atom is 0.227 e. The molecule has 3 rings (SSSR count). The third-order valence-electron chi connectivity index (χ3n) is 5.92. The maximum atomic E-state index is 12.8. The minimum atomic E-state index is -0.0311. The van der Waals surface area contributed by atoms with Gasteiger partial charge in [-0.2, -0.15) is 0 Å². The van der Waals surface area contributed by atoms with E-state index in [9.17, 15) is 9.59 Å². The van der Waals surface area contributed by atoms with Gasteiger partial charge in [-0.1, -0.05) is 19.1 Å². The summed E-state index contributed by atoms with van der Waals surface area (Å²) in [6, 6.07) is 7.57. The van der Waals surface area contributed by atoms with Crippen molar-refractivity contribution in [1.82, 2.24) is 4.90 Å². The number of nitrogens with zero attached hydrogens (tertiary/aromatic N) is 1. The van der Waals surface area contributed by atoms with Crippen LogP contribution in [0.4, 0.5) is 5.69 Å². The number of hydrogen-bond acceptors (Lipinski definition) is 3. The summed E-state index contributed by atoms with van der Waals surface area (Å²) >= 11 is 0. The Morgan fingerprint density at radius 3 is 2.43 bits per heavy atom. The van der Waals surface area contributed by atoms with Gasteiger partial charge in [-0.25, -0.2) is 0 Å². The van der Waals surface area contributed by atoms with Crippen molar-refractivity contribution in [2.75, 3.05) is 18.4 Å². The number of likely N-dealkylation sites (tertiary alicyclic amines) is 1. The van der Waals surface area contributed by atoms with E-state index in [0.29, 0.717) is 17.6 Å². The number of amides is 2. The number of piperidine rings is 1. The molecule has 1 aromatic rings. The van der Waals surface area contributed by atoms with Crippen LogP contribution < -0.4 is 10.1 Å². The Kier molecular flexibility index (Phi) is 6.97. The van der Waals surface area contributed by atoms with Crippen molar-refractivity contribution in [3.05, 3.63) is 24.3 Å². The molecule has 5 heteroatoms. The van der Waals surface area contributed by atoms with E-state index in [1.165, 1.54) is 6.42 Å². The lowest BCUT2D eigenvalue weighted by Gasteiger charge is -2.35. The zero-order chi connectivity index (χ0) is 20.1. The molecule has 1 aliphatic carbocycles. The van der Waals surface area contributed by atoms with E-state index >= 15 is 0 Å². The van der Waals surface area contributed by atoms with Crippen molar-refractivity contribution >= 4 is 17.5 Å². The molecular weight excluding hydrogens is 352 g/mol. The van der Waals surface area contributed by atoms with Crippen molar-refractivity contribution in [1.29, 1.82) is 0 Å². The van der Waals surface area contributed by atoms with E-state index < -0.39 is 0 Å². The summed E-state index contributed by atoms with van der Waals surface area (Å²) in [7, 11) is 0. The van der Waals surface area contributed by atoms with Crippen LogP contribution in [0.3, 0.4) is 0 Å². The lowest BCUT2D eigenvalue weighted by Crippen LogP contribution is -2.43. The van der Waals surface area contributed by atoms with Gasteiger partial charge < -0.3 is 15.0 Å². The minimum Gasteiger partial charge on any atom is -0.489 e. The van der Waals surface area contributed by atoms with E-state index in [2.05, 4.69) is 17.1 Å². The zero-order valence-corrected chi connectivity index (χ0v) is 17.4. The topological polar surface area (TPSA) is 58.6 Å². The summed E-state index contributed by atoms with van der Waals surface area (Å²) in [4.78, 5) is 27.6. The molecule has 2 aliphatic rings. The summed E-state index contributed by atoms with van der Waals surface area (Å²) in [5, 5.41) is 3.04. The van der Waals surface area contributed by atoms with E-state index in [0.717, 1.165) is 50.9 Å². The third-order valence-corrected chi connectivity index (χ3v) is 5.92. The summed E-state index contributed by atoms with van der Waals surface area (Å²) in [5.74, 6) is 1.71. The highest BCUT2D eigenvalue weighted by Crippen LogP contribution is 2.33. The Labute approximate surface area is 168 Å². The molecule has 0 radical (unpaired) electrons. The van der Waals surface area contributed by atoms with Gasteiger partial charge in [0.15, 0.2) is 0 Å². The van der Waals surface area contributed by atoms with Gasteiger partial charge in [0.2, 0.25) is 11.8 Å². The van der Waals surface area contributed by atoms with Crippen LogP contribution in [0.25, 0.3) is 0 Å². The van der Waals surface area contributed by atoms with Crippen LogP contribution in [-0.4, -0.2) is 35.9 Å². The molecule has 1 unspecified atom stereocenters. The Balaban J connectivity index is 1.52. The summed E-state index contributed by atoms with van der Waals surface area (Å²) in [5.41, 5.74) is 0.724. The molecule has 0 spiro atoms. The van der Waals surface area contributed by atoms with Gasteiger partial charge in [-0.15, -0.1) is 0 Å². The summed E-state index contributed by atoms with van der Waals surface area (Å²) in [6.45, 7) is 7.96. The predicted octanol–water partition coefficient (Wildman–Crippen LogP) is 4.48. The fourth-order valence-corrected chi connectivity index (χ4v) is 4.41. The monoisotopic (exact) mass is 386 g/mol. The average molecular weight is 387 g/mol. The van der Waals surface area contributed by atoms with Gasteiger partial charge in [-0.3, -0.25) is 9.59 Å². The molecular formula is C23H34N2O3. The molecule has 1 saturated carbocycles. The fourth-order valence-electron chi connectivity index (χ4n) is 4.41. The lowest BCUT2D eigenvalue weighted by atomic mass is 9.80. The van der Waals surface area contributed by atoms with Crippen molar-refractivity contribution < 1.29 is 14.3 Å². The van der Waals surface area contributed by atoms with E-state index in [-0.39, 0.29) is 23.8 Å². The first kappa shape index (κ1) is 20.7. The second-order valence-corrected chi connectivity index (χ2v) is 8.73. The highest BCUT2D eigenvalue weighted by molar-refractivity contribution is 5.94. The normalized spacial score (nSPS) is 25.4. The Morgan fingerprint density at radius 1 is 1.07 bits per heavy atom. The molecule has 2 amide bonds. The van der Waals surface area contributed by atoms with Crippen molar-refractivity contribution in [2.24, 2.45) is 17.8 Å². The minimum absolute atomic E-state index is 0.0311. The van der Waals surface area contributed by atoms with E-state index in [4.69, 9.17) is 4.74 Å². The molecule has 0 aromatic heterocycles. The molecule has 1 aromatic carbocycles. The summed E-state index contributed by atoms with van der Waals surface area (Å²) < 4.78 is 5.79. The third kappa shape index (κ3) is 5.27. The van der Waals surface area contributed by atoms with Crippen LogP contribution in [0.2, 0.25) is 0 Å². The molecule has 1 heterocycles. The number of rotatable bonds is 5. The number of benzene rings is 1. The standard InChI is InChI=1S/C23H34N2O3/c1-16(2)28-21-9-5-4-8-20(21)24-22(26)18-10-12-19(13-11-18)23(27)25-14-6-7-17(3)15-25/h4-5,8-9,16-19H,6-7,10-15H2,1-3H3,(H,24,26). The molecule has 28 heavy (non-hydrogen) atoms. The van der Waals surface area contributed by atoms with Crippen LogP contribution in [-0.2, 0) is 9.59 Å². The number of carbonyl (C=O) groups excluding carboxylic acids is 2. The molecule has 0 bridgehead atoms. The van der Waals surface area contributed by atoms with Gasteiger partial charge in [0.1, 0.15) is 5.75 Å².